The first-order valence-corrected chi connectivity index (χ1v) is 5.97. The number of carbonyl (C=O) groups is 1. The first-order chi connectivity index (χ1) is 8.45. The molecule has 1 amide bonds. The third kappa shape index (κ3) is 2.09. The van der Waals surface area contributed by atoms with E-state index in [0.29, 0.717) is 0 Å². The Bertz CT molecular complexity index is 602. The van der Waals surface area contributed by atoms with Crippen molar-refractivity contribution in [1.82, 2.24) is 5.43 Å². The number of benzene rings is 2. The Balaban J connectivity index is 2.54. The lowest BCUT2D eigenvalue weighted by atomic mass is 9.83. The van der Waals surface area contributed by atoms with Crippen LogP contribution in [-0.4, -0.2) is 5.91 Å². The van der Waals surface area contributed by atoms with Crippen LogP contribution in [0.2, 0.25) is 0 Å². The summed E-state index contributed by atoms with van der Waals surface area (Å²) in [7, 11) is 0. The Labute approximate surface area is 107 Å². The summed E-state index contributed by atoms with van der Waals surface area (Å²) in [6.07, 6.45) is 0. The number of nitrogens with one attached hydrogen (secondary N) is 1. The van der Waals surface area contributed by atoms with E-state index in [4.69, 9.17) is 5.84 Å². The summed E-state index contributed by atoms with van der Waals surface area (Å²) in [5, 5.41) is 2.32. The number of aryl methyl sites for hydroxylation is 1. The molecule has 2 aromatic carbocycles. The zero-order chi connectivity index (χ0) is 13.3. The zero-order valence-electron chi connectivity index (χ0n) is 10.9. The molecule has 0 heterocycles. The third-order valence-electron chi connectivity index (χ3n) is 3.42. The van der Waals surface area contributed by atoms with Gasteiger partial charge in [-0.3, -0.25) is 10.2 Å². The topological polar surface area (TPSA) is 55.1 Å². The van der Waals surface area contributed by atoms with E-state index in [1.54, 1.807) is 0 Å². The number of carbonyl (C=O) groups excluding carboxylic acids is 1. The van der Waals surface area contributed by atoms with E-state index in [2.05, 4.69) is 30.5 Å². The minimum absolute atomic E-state index is 0.186. The Morgan fingerprint density at radius 2 is 1.72 bits per heavy atom. The summed E-state index contributed by atoms with van der Waals surface area (Å²) < 4.78 is 0. The smallest absolute Gasteiger partial charge is 0.243 e. The lowest BCUT2D eigenvalue weighted by Gasteiger charge is -2.23. The Morgan fingerprint density at radius 3 is 2.39 bits per heavy atom. The van der Waals surface area contributed by atoms with Crippen molar-refractivity contribution in [3.8, 4) is 0 Å². The van der Waals surface area contributed by atoms with Gasteiger partial charge in [-0.2, -0.15) is 0 Å². The van der Waals surface area contributed by atoms with Crippen LogP contribution in [0.25, 0.3) is 10.8 Å². The Hall–Kier alpha value is -1.87. The fourth-order valence-corrected chi connectivity index (χ4v) is 2.07. The fraction of sp³-hybridized carbons (Fsp3) is 0.267. The molecule has 2 rings (SSSR count). The maximum absolute atomic E-state index is 11.8. The molecular weight excluding hydrogens is 224 g/mol. The van der Waals surface area contributed by atoms with Crippen molar-refractivity contribution in [2.75, 3.05) is 0 Å². The highest BCUT2D eigenvalue weighted by molar-refractivity contribution is 5.90. The second-order valence-electron chi connectivity index (χ2n) is 5.16. The normalized spacial score (nSPS) is 11.6. The van der Waals surface area contributed by atoms with Crippen LogP contribution in [0.15, 0.2) is 36.4 Å². The molecule has 0 aliphatic rings. The summed E-state index contributed by atoms with van der Waals surface area (Å²) in [5.41, 5.74) is 3.78. The zero-order valence-corrected chi connectivity index (χ0v) is 10.9. The van der Waals surface area contributed by atoms with E-state index in [9.17, 15) is 4.79 Å². The summed E-state index contributed by atoms with van der Waals surface area (Å²) in [4.78, 5) is 11.8. The molecule has 3 heteroatoms. The lowest BCUT2D eigenvalue weighted by Crippen LogP contribution is -2.43. The number of fused-ring (bicyclic) bond motifs is 1. The van der Waals surface area contributed by atoms with Gasteiger partial charge in [0, 0.05) is 0 Å². The SMILES string of the molecule is Cc1ccc2cc(C(C)(C)C(=O)NN)ccc2c1. The molecule has 2 aromatic rings. The molecule has 0 aliphatic carbocycles. The first kappa shape index (κ1) is 12.6. The molecule has 3 N–H and O–H groups in total. The van der Waals surface area contributed by atoms with Gasteiger partial charge in [0.2, 0.25) is 5.91 Å². The number of hydrogen-bond acceptors (Lipinski definition) is 2. The minimum Gasteiger partial charge on any atom is -0.294 e. The molecule has 0 saturated heterocycles. The quantitative estimate of drug-likeness (QED) is 0.483. The summed E-state index contributed by atoms with van der Waals surface area (Å²) in [6, 6.07) is 12.4. The van der Waals surface area contributed by atoms with E-state index in [1.165, 1.54) is 10.9 Å². The molecule has 0 saturated carbocycles. The van der Waals surface area contributed by atoms with Gasteiger partial charge < -0.3 is 0 Å². The van der Waals surface area contributed by atoms with Crippen molar-refractivity contribution < 1.29 is 4.79 Å². The molecule has 0 aromatic heterocycles. The highest BCUT2D eigenvalue weighted by Crippen LogP contribution is 2.27. The van der Waals surface area contributed by atoms with Gasteiger partial charge in [0.15, 0.2) is 0 Å². The lowest BCUT2D eigenvalue weighted by molar-refractivity contribution is -0.125. The summed E-state index contributed by atoms with van der Waals surface area (Å²) in [6.45, 7) is 5.80. The molecule has 0 spiro atoms. The predicted octanol–water partition coefficient (Wildman–Crippen LogP) is 2.42. The van der Waals surface area contributed by atoms with Crippen molar-refractivity contribution >= 4 is 16.7 Å². The average Bonchev–Trinajstić information content (AvgIpc) is 2.36. The van der Waals surface area contributed by atoms with E-state index in [-0.39, 0.29) is 5.91 Å². The standard InChI is InChI=1S/C15H18N2O/c1-10-4-5-12-9-13(7-6-11(12)8-10)15(2,3)14(18)17-16/h4-9H,16H2,1-3H3,(H,17,18). The van der Waals surface area contributed by atoms with E-state index < -0.39 is 5.41 Å². The van der Waals surface area contributed by atoms with E-state index in [0.717, 1.165) is 10.9 Å². The van der Waals surface area contributed by atoms with Gasteiger partial charge in [-0.05, 0) is 37.1 Å². The van der Waals surface area contributed by atoms with Crippen molar-refractivity contribution in [3.63, 3.8) is 0 Å². The van der Waals surface area contributed by atoms with Crippen LogP contribution >= 0.6 is 0 Å². The van der Waals surface area contributed by atoms with Crippen LogP contribution in [0.3, 0.4) is 0 Å². The molecule has 0 bridgehead atoms. The molecule has 0 aliphatic heterocycles. The molecular formula is C15H18N2O. The summed E-state index contributed by atoms with van der Waals surface area (Å²) in [5.74, 6) is 5.04. The Morgan fingerprint density at radius 1 is 1.11 bits per heavy atom. The van der Waals surface area contributed by atoms with Crippen LogP contribution in [0, 0.1) is 6.92 Å². The van der Waals surface area contributed by atoms with E-state index >= 15 is 0 Å². The predicted molar refractivity (Wildman–Crippen MR) is 74.0 cm³/mol. The molecule has 18 heavy (non-hydrogen) atoms. The summed E-state index contributed by atoms with van der Waals surface area (Å²) >= 11 is 0. The number of nitrogens with two attached hydrogens (primary N) is 1. The monoisotopic (exact) mass is 242 g/mol. The molecule has 94 valence electrons. The third-order valence-corrected chi connectivity index (χ3v) is 3.42. The first-order valence-electron chi connectivity index (χ1n) is 5.97. The second-order valence-corrected chi connectivity index (χ2v) is 5.16. The molecule has 0 atom stereocenters. The molecule has 0 fully saturated rings. The molecule has 0 radical (unpaired) electrons. The van der Waals surface area contributed by atoms with Gasteiger partial charge in [-0.15, -0.1) is 0 Å². The van der Waals surface area contributed by atoms with Gasteiger partial charge in [-0.1, -0.05) is 42.0 Å². The van der Waals surface area contributed by atoms with Crippen molar-refractivity contribution in [1.29, 1.82) is 0 Å². The Kier molecular flexibility index (Phi) is 3.09. The van der Waals surface area contributed by atoms with E-state index in [1.807, 2.05) is 32.0 Å². The second kappa shape index (κ2) is 4.42. The van der Waals surface area contributed by atoms with Crippen molar-refractivity contribution in [2.45, 2.75) is 26.2 Å². The van der Waals surface area contributed by atoms with Crippen LogP contribution in [-0.2, 0) is 10.2 Å². The highest BCUT2D eigenvalue weighted by atomic mass is 16.2. The number of rotatable bonds is 2. The maximum atomic E-state index is 11.8. The van der Waals surface area contributed by atoms with Gasteiger partial charge in [0.1, 0.15) is 0 Å². The van der Waals surface area contributed by atoms with Gasteiger partial charge in [0.05, 0.1) is 5.41 Å². The van der Waals surface area contributed by atoms with Gasteiger partial charge in [-0.25, -0.2) is 5.84 Å². The molecule has 3 nitrogen and oxygen atoms in total. The van der Waals surface area contributed by atoms with Crippen molar-refractivity contribution in [3.05, 3.63) is 47.5 Å². The largest absolute Gasteiger partial charge is 0.294 e. The number of hydrogen-bond donors (Lipinski definition) is 2. The number of amides is 1. The van der Waals surface area contributed by atoms with Crippen LogP contribution in [0.5, 0.6) is 0 Å². The van der Waals surface area contributed by atoms with Crippen LogP contribution < -0.4 is 11.3 Å². The maximum Gasteiger partial charge on any atom is 0.243 e. The fourth-order valence-electron chi connectivity index (χ4n) is 2.07. The molecule has 0 unspecified atom stereocenters. The minimum atomic E-state index is -0.631. The highest BCUT2D eigenvalue weighted by Gasteiger charge is 2.29. The van der Waals surface area contributed by atoms with Crippen LogP contribution in [0.1, 0.15) is 25.0 Å². The van der Waals surface area contributed by atoms with Gasteiger partial charge in [0.25, 0.3) is 0 Å². The van der Waals surface area contributed by atoms with Crippen LogP contribution in [0.4, 0.5) is 0 Å². The van der Waals surface area contributed by atoms with Gasteiger partial charge >= 0.3 is 0 Å². The number of hydrazine groups is 1. The average molecular weight is 242 g/mol. The van der Waals surface area contributed by atoms with Crippen molar-refractivity contribution in [2.24, 2.45) is 5.84 Å².